The molecule has 1 N–H and O–H groups in total. The molecule has 2 heterocycles. The standard InChI is InChI=1S/C9H16N2O2S/c1-9(2)4-13-6-11(9)8(12)7-3-14-5-10-7/h7,10H,3-6H2,1-2H3. The van der Waals surface area contributed by atoms with E-state index in [0.717, 1.165) is 11.6 Å². The van der Waals surface area contributed by atoms with Crippen LogP contribution in [0, 0.1) is 0 Å². The van der Waals surface area contributed by atoms with Crippen molar-refractivity contribution in [3.05, 3.63) is 0 Å². The second kappa shape index (κ2) is 3.72. The van der Waals surface area contributed by atoms with Crippen LogP contribution >= 0.6 is 11.8 Å². The van der Waals surface area contributed by atoms with Crippen molar-refractivity contribution in [2.75, 3.05) is 25.0 Å². The maximum absolute atomic E-state index is 12.0. The monoisotopic (exact) mass is 216 g/mol. The molecule has 2 aliphatic heterocycles. The maximum Gasteiger partial charge on any atom is 0.242 e. The van der Waals surface area contributed by atoms with E-state index in [9.17, 15) is 4.79 Å². The minimum absolute atomic E-state index is 0.0130. The number of amides is 1. The van der Waals surface area contributed by atoms with E-state index in [4.69, 9.17) is 4.74 Å². The van der Waals surface area contributed by atoms with Crippen LogP contribution in [-0.2, 0) is 9.53 Å². The fourth-order valence-electron chi connectivity index (χ4n) is 1.74. The van der Waals surface area contributed by atoms with Gasteiger partial charge in [-0.05, 0) is 13.8 Å². The molecule has 2 saturated heterocycles. The molecule has 14 heavy (non-hydrogen) atoms. The highest BCUT2D eigenvalue weighted by Crippen LogP contribution is 2.24. The Morgan fingerprint density at radius 3 is 2.93 bits per heavy atom. The number of hydrogen-bond donors (Lipinski definition) is 1. The average Bonchev–Trinajstić information content (AvgIpc) is 2.71. The number of ether oxygens (including phenoxy) is 1. The van der Waals surface area contributed by atoms with Gasteiger partial charge in [0.2, 0.25) is 5.91 Å². The lowest BCUT2D eigenvalue weighted by Crippen LogP contribution is -2.51. The predicted octanol–water partition coefficient (Wildman–Crippen LogP) is 0.244. The van der Waals surface area contributed by atoms with Gasteiger partial charge in [0.15, 0.2) is 0 Å². The first kappa shape index (κ1) is 10.3. The highest BCUT2D eigenvalue weighted by atomic mass is 32.2. The largest absolute Gasteiger partial charge is 0.359 e. The lowest BCUT2D eigenvalue weighted by Gasteiger charge is -2.31. The lowest BCUT2D eigenvalue weighted by molar-refractivity contribution is -0.136. The molecule has 2 rings (SSSR count). The summed E-state index contributed by atoms with van der Waals surface area (Å²) in [6, 6.07) is -0.0130. The Labute approximate surface area is 88.4 Å². The number of carbonyl (C=O) groups is 1. The van der Waals surface area contributed by atoms with Crippen LogP contribution in [0.2, 0.25) is 0 Å². The van der Waals surface area contributed by atoms with Crippen molar-refractivity contribution in [1.82, 2.24) is 10.2 Å². The maximum atomic E-state index is 12.0. The van der Waals surface area contributed by atoms with E-state index in [0.29, 0.717) is 13.3 Å². The van der Waals surface area contributed by atoms with Gasteiger partial charge in [-0.2, -0.15) is 0 Å². The van der Waals surface area contributed by atoms with E-state index in [2.05, 4.69) is 5.32 Å². The molecule has 4 nitrogen and oxygen atoms in total. The van der Waals surface area contributed by atoms with E-state index in [-0.39, 0.29) is 17.5 Å². The third kappa shape index (κ3) is 1.76. The fourth-order valence-corrected chi connectivity index (χ4v) is 2.68. The summed E-state index contributed by atoms with van der Waals surface area (Å²) in [5.41, 5.74) is -0.147. The van der Waals surface area contributed by atoms with Gasteiger partial charge in [0.25, 0.3) is 0 Å². The van der Waals surface area contributed by atoms with Crippen molar-refractivity contribution in [3.8, 4) is 0 Å². The molecule has 5 heteroatoms. The highest BCUT2D eigenvalue weighted by molar-refractivity contribution is 7.99. The molecular weight excluding hydrogens is 200 g/mol. The van der Waals surface area contributed by atoms with Gasteiger partial charge in [-0.3, -0.25) is 10.1 Å². The molecule has 1 atom stereocenters. The molecule has 1 amide bonds. The second-order valence-corrected chi connectivity index (χ2v) is 5.36. The molecular formula is C9H16N2O2S. The SMILES string of the molecule is CC1(C)COCN1C(=O)C1CSCN1. The molecule has 0 saturated carbocycles. The third-order valence-electron chi connectivity index (χ3n) is 2.69. The first-order valence-corrected chi connectivity index (χ1v) is 5.97. The molecule has 0 spiro atoms. The first-order chi connectivity index (χ1) is 6.61. The molecule has 0 bridgehead atoms. The van der Waals surface area contributed by atoms with E-state index in [1.807, 2.05) is 18.7 Å². The number of rotatable bonds is 1. The number of thioether (sulfide) groups is 1. The van der Waals surface area contributed by atoms with Crippen LogP contribution in [0.25, 0.3) is 0 Å². The zero-order valence-electron chi connectivity index (χ0n) is 8.58. The molecule has 80 valence electrons. The van der Waals surface area contributed by atoms with Crippen LogP contribution in [-0.4, -0.2) is 47.4 Å². The van der Waals surface area contributed by atoms with Crippen LogP contribution in [0.4, 0.5) is 0 Å². The zero-order chi connectivity index (χ0) is 10.2. The summed E-state index contributed by atoms with van der Waals surface area (Å²) >= 11 is 1.77. The number of carbonyl (C=O) groups excluding carboxylic acids is 1. The third-order valence-corrected chi connectivity index (χ3v) is 3.63. The van der Waals surface area contributed by atoms with E-state index < -0.39 is 0 Å². The minimum Gasteiger partial charge on any atom is -0.359 e. The van der Waals surface area contributed by atoms with Crippen LogP contribution in [0.5, 0.6) is 0 Å². The summed E-state index contributed by atoms with van der Waals surface area (Å²) in [7, 11) is 0. The Morgan fingerprint density at radius 1 is 1.64 bits per heavy atom. The van der Waals surface area contributed by atoms with Gasteiger partial charge in [0, 0.05) is 11.6 Å². The van der Waals surface area contributed by atoms with E-state index in [1.165, 1.54) is 0 Å². The summed E-state index contributed by atoms with van der Waals surface area (Å²) < 4.78 is 5.32. The van der Waals surface area contributed by atoms with Crippen LogP contribution in [0.15, 0.2) is 0 Å². The summed E-state index contributed by atoms with van der Waals surface area (Å²) in [6.07, 6.45) is 0. The molecule has 0 aromatic heterocycles. The molecule has 1 unspecified atom stereocenters. The topological polar surface area (TPSA) is 41.6 Å². The number of hydrogen-bond acceptors (Lipinski definition) is 4. The molecule has 0 aromatic rings. The summed E-state index contributed by atoms with van der Waals surface area (Å²) in [5.74, 6) is 1.94. The van der Waals surface area contributed by atoms with E-state index >= 15 is 0 Å². The smallest absolute Gasteiger partial charge is 0.242 e. The molecule has 0 aromatic carbocycles. The Bertz CT molecular complexity index is 239. The Balaban J connectivity index is 2.03. The predicted molar refractivity (Wildman–Crippen MR) is 56.0 cm³/mol. The van der Waals surface area contributed by atoms with Crippen molar-refractivity contribution >= 4 is 17.7 Å². The van der Waals surface area contributed by atoms with Gasteiger partial charge in [-0.25, -0.2) is 0 Å². The van der Waals surface area contributed by atoms with Crippen molar-refractivity contribution in [1.29, 1.82) is 0 Å². The average molecular weight is 216 g/mol. The quantitative estimate of drug-likeness (QED) is 0.682. The Kier molecular flexibility index (Phi) is 2.72. The van der Waals surface area contributed by atoms with Gasteiger partial charge in [-0.15, -0.1) is 11.8 Å². The number of nitrogens with zero attached hydrogens (tertiary/aromatic N) is 1. The van der Waals surface area contributed by atoms with Crippen molar-refractivity contribution < 1.29 is 9.53 Å². The Morgan fingerprint density at radius 2 is 2.43 bits per heavy atom. The lowest BCUT2D eigenvalue weighted by atomic mass is 10.1. The number of nitrogens with one attached hydrogen (secondary N) is 1. The zero-order valence-corrected chi connectivity index (χ0v) is 9.39. The fraction of sp³-hybridized carbons (Fsp3) is 0.889. The van der Waals surface area contributed by atoms with Crippen molar-refractivity contribution in [2.45, 2.75) is 25.4 Å². The van der Waals surface area contributed by atoms with Gasteiger partial charge in [-0.1, -0.05) is 0 Å². The van der Waals surface area contributed by atoms with E-state index in [1.54, 1.807) is 11.8 Å². The normalized spacial score (nSPS) is 31.0. The van der Waals surface area contributed by atoms with Crippen LogP contribution in [0.3, 0.4) is 0 Å². The summed E-state index contributed by atoms with van der Waals surface area (Å²) in [4.78, 5) is 13.9. The van der Waals surface area contributed by atoms with Crippen LogP contribution in [0.1, 0.15) is 13.8 Å². The minimum atomic E-state index is -0.147. The van der Waals surface area contributed by atoms with Gasteiger partial charge in [0.05, 0.1) is 18.2 Å². The second-order valence-electron chi connectivity index (χ2n) is 4.33. The van der Waals surface area contributed by atoms with Gasteiger partial charge in [0.1, 0.15) is 6.73 Å². The molecule has 0 radical (unpaired) electrons. The van der Waals surface area contributed by atoms with Crippen molar-refractivity contribution in [3.63, 3.8) is 0 Å². The van der Waals surface area contributed by atoms with Gasteiger partial charge >= 0.3 is 0 Å². The molecule has 2 fully saturated rings. The highest BCUT2D eigenvalue weighted by Gasteiger charge is 2.39. The first-order valence-electron chi connectivity index (χ1n) is 4.81. The molecule has 0 aliphatic carbocycles. The Hall–Kier alpha value is -0.260. The van der Waals surface area contributed by atoms with Crippen molar-refractivity contribution in [2.24, 2.45) is 0 Å². The van der Waals surface area contributed by atoms with Gasteiger partial charge < -0.3 is 9.64 Å². The van der Waals surface area contributed by atoms with Crippen LogP contribution < -0.4 is 5.32 Å². The summed E-state index contributed by atoms with van der Waals surface area (Å²) in [6.45, 7) is 5.16. The molecule has 2 aliphatic rings. The summed E-state index contributed by atoms with van der Waals surface area (Å²) in [5, 5.41) is 3.19.